The molecule has 1 rings (SSSR count). The van der Waals surface area contributed by atoms with Crippen molar-refractivity contribution in [3.05, 3.63) is 12.7 Å². The summed E-state index contributed by atoms with van der Waals surface area (Å²) in [6, 6.07) is -1.36. The van der Waals surface area contributed by atoms with Gasteiger partial charge in [0.25, 0.3) is 0 Å². The molecule has 0 aromatic carbocycles. The highest BCUT2D eigenvalue weighted by molar-refractivity contribution is 5.87. The number of nitrogens with zero attached hydrogens (tertiary/aromatic N) is 1. The molecule has 1 amide bonds. The summed E-state index contributed by atoms with van der Waals surface area (Å²) in [7, 11) is 0. The first-order valence-electron chi connectivity index (χ1n) is 4.97. The summed E-state index contributed by atoms with van der Waals surface area (Å²) in [6.07, 6.45) is 3.18. The molecule has 0 aromatic rings. The lowest BCUT2D eigenvalue weighted by atomic mass is 10.1. The number of amides is 1. The average Bonchev–Trinajstić information content (AvgIpc) is 2.65. The topological polar surface area (TPSA) is 83.6 Å². The normalized spacial score (nSPS) is 22.5. The minimum Gasteiger partial charge on any atom is -0.480 e. The third kappa shape index (κ3) is 2.56. The van der Waals surface area contributed by atoms with Crippen LogP contribution >= 0.6 is 0 Å². The molecule has 0 aromatic heterocycles. The smallest absolute Gasteiger partial charge is 0.326 e. The van der Waals surface area contributed by atoms with Crippen LogP contribution in [0.2, 0.25) is 0 Å². The van der Waals surface area contributed by atoms with Gasteiger partial charge < -0.3 is 15.7 Å². The van der Waals surface area contributed by atoms with Gasteiger partial charge >= 0.3 is 5.97 Å². The summed E-state index contributed by atoms with van der Waals surface area (Å²) in [5, 5.41) is 8.89. The zero-order valence-corrected chi connectivity index (χ0v) is 8.56. The van der Waals surface area contributed by atoms with Crippen LogP contribution < -0.4 is 5.73 Å². The first-order chi connectivity index (χ1) is 7.07. The lowest BCUT2D eigenvalue weighted by Gasteiger charge is -2.24. The Bertz CT molecular complexity index is 278. The largest absolute Gasteiger partial charge is 0.480 e. The molecule has 1 heterocycles. The summed E-state index contributed by atoms with van der Waals surface area (Å²) >= 11 is 0. The van der Waals surface area contributed by atoms with Gasteiger partial charge in [0.1, 0.15) is 6.04 Å². The predicted molar refractivity (Wildman–Crippen MR) is 55.2 cm³/mol. The van der Waals surface area contributed by atoms with E-state index in [1.165, 1.54) is 4.90 Å². The first-order valence-corrected chi connectivity index (χ1v) is 4.97. The molecule has 0 saturated carbocycles. The highest BCUT2D eigenvalue weighted by Crippen LogP contribution is 2.18. The zero-order chi connectivity index (χ0) is 11.4. The first kappa shape index (κ1) is 11.7. The minimum atomic E-state index is -0.952. The highest BCUT2D eigenvalue weighted by atomic mass is 16.4. The monoisotopic (exact) mass is 212 g/mol. The molecular formula is C10H16N2O3. The van der Waals surface area contributed by atoms with Gasteiger partial charge in [0.2, 0.25) is 5.91 Å². The number of rotatable bonds is 4. The molecule has 0 radical (unpaired) electrons. The van der Waals surface area contributed by atoms with Gasteiger partial charge in [-0.25, -0.2) is 4.79 Å². The highest BCUT2D eigenvalue weighted by Gasteiger charge is 2.35. The Balaban J connectivity index is 2.65. The maximum Gasteiger partial charge on any atom is 0.326 e. The van der Waals surface area contributed by atoms with Gasteiger partial charge in [0, 0.05) is 6.54 Å². The van der Waals surface area contributed by atoms with Crippen LogP contribution in [0, 0.1) is 0 Å². The number of nitrogens with two attached hydrogens (primary N) is 1. The zero-order valence-electron chi connectivity index (χ0n) is 8.56. The van der Waals surface area contributed by atoms with Crippen LogP contribution in [0.3, 0.4) is 0 Å². The van der Waals surface area contributed by atoms with E-state index in [1.807, 2.05) is 0 Å². The number of carbonyl (C=O) groups is 2. The minimum absolute atomic E-state index is 0.292. The van der Waals surface area contributed by atoms with Crippen LogP contribution in [-0.4, -0.2) is 40.5 Å². The summed E-state index contributed by atoms with van der Waals surface area (Å²) in [5.74, 6) is -1.24. The van der Waals surface area contributed by atoms with E-state index in [0.29, 0.717) is 19.4 Å². The molecule has 1 fully saturated rings. The molecular weight excluding hydrogens is 196 g/mol. The van der Waals surface area contributed by atoms with Crippen LogP contribution in [0.1, 0.15) is 19.3 Å². The fourth-order valence-electron chi connectivity index (χ4n) is 1.78. The van der Waals surface area contributed by atoms with E-state index in [2.05, 4.69) is 6.58 Å². The van der Waals surface area contributed by atoms with Crippen LogP contribution in [0.4, 0.5) is 0 Å². The molecule has 1 unspecified atom stereocenters. The number of carboxylic acid groups (broad SMARTS) is 1. The predicted octanol–water partition coefficient (Wildman–Crippen LogP) is -0.0346. The van der Waals surface area contributed by atoms with Crippen molar-refractivity contribution >= 4 is 11.9 Å². The Morgan fingerprint density at radius 2 is 2.33 bits per heavy atom. The van der Waals surface area contributed by atoms with E-state index in [-0.39, 0.29) is 5.91 Å². The number of carboxylic acids is 1. The second-order valence-electron chi connectivity index (χ2n) is 3.66. The fraction of sp³-hybridized carbons (Fsp3) is 0.600. The third-order valence-electron chi connectivity index (χ3n) is 2.56. The van der Waals surface area contributed by atoms with E-state index in [9.17, 15) is 9.59 Å². The molecule has 2 atom stereocenters. The van der Waals surface area contributed by atoms with Crippen molar-refractivity contribution < 1.29 is 14.7 Å². The van der Waals surface area contributed by atoms with Crippen LogP contribution in [0.5, 0.6) is 0 Å². The van der Waals surface area contributed by atoms with E-state index in [1.54, 1.807) is 6.08 Å². The molecule has 3 N–H and O–H groups in total. The molecule has 5 nitrogen and oxygen atoms in total. The van der Waals surface area contributed by atoms with Crippen LogP contribution in [0.15, 0.2) is 12.7 Å². The number of carbonyl (C=O) groups excluding carboxylic acids is 1. The van der Waals surface area contributed by atoms with Crippen molar-refractivity contribution in [1.29, 1.82) is 0 Å². The Labute approximate surface area is 88.5 Å². The molecule has 1 aliphatic rings. The summed E-state index contributed by atoms with van der Waals surface area (Å²) < 4.78 is 0. The summed E-state index contributed by atoms with van der Waals surface area (Å²) in [4.78, 5) is 23.9. The number of hydrogen-bond donors (Lipinski definition) is 2. The molecule has 0 spiro atoms. The molecule has 5 heteroatoms. The van der Waals surface area contributed by atoms with Crippen molar-refractivity contribution in [2.45, 2.75) is 31.3 Å². The fourth-order valence-corrected chi connectivity index (χ4v) is 1.78. The van der Waals surface area contributed by atoms with Gasteiger partial charge in [-0.2, -0.15) is 0 Å². The van der Waals surface area contributed by atoms with Gasteiger partial charge in [-0.3, -0.25) is 4.79 Å². The third-order valence-corrected chi connectivity index (χ3v) is 2.56. The molecule has 1 saturated heterocycles. The molecule has 0 aliphatic carbocycles. The van der Waals surface area contributed by atoms with E-state index >= 15 is 0 Å². The van der Waals surface area contributed by atoms with Gasteiger partial charge in [-0.15, -0.1) is 6.58 Å². The van der Waals surface area contributed by atoms with E-state index in [0.717, 1.165) is 6.42 Å². The second kappa shape index (κ2) is 4.93. The van der Waals surface area contributed by atoms with Gasteiger partial charge in [0.15, 0.2) is 0 Å². The van der Waals surface area contributed by atoms with Crippen molar-refractivity contribution in [3.8, 4) is 0 Å². The second-order valence-corrected chi connectivity index (χ2v) is 3.66. The van der Waals surface area contributed by atoms with Gasteiger partial charge in [-0.05, 0) is 19.3 Å². The Hall–Kier alpha value is -1.36. The number of likely N-dealkylation sites (tertiary alicyclic amines) is 1. The molecule has 0 bridgehead atoms. The Morgan fingerprint density at radius 1 is 1.67 bits per heavy atom. The maximum absolute atomic E-state index is 11.7. The Morgan fingerprint density at radius 3 is 2.87 bits per heavy atom. The van der Waals surface area contributed by atoms with Gasteiger partial charge in [-0.1, -0.05) is 6.08 Å². The molecule has 1 aliphatic heterocycles. The average molecular weight is 212 g/mol. The summed E-state index contributed by atoms with van der Waals surface area (Å²) in [6.45, 7) is 3.98. The van der Waals surface area contributed by atoms with E-state index < -0.39 is 18.1 Å². The van der Waals surface area contributed by atoms with E-state index in [4.69, 9.17) is 10.8 Å². The number of hydrogen-bond acceptors (Lipinski definition) is 3. The maximum atomic E-state index is 11.7. The quantitative estimate of drug-likeness (QED) is 0.641. The summed E-state index contributed by atoms with van der Waals surface area (Å²) in [5.41, 5.74) is 5.61. The van der Waals surface area contributed by atoms with Crippen molar-refractivity contribution in [2.75, 3.05) is 6.54 Å². The lowest BCUT2D eigenvalue weighted by molar-refractivity contribution is -0.148. The van der Waals surface area contributed by atoms with Crippen LogP contribution in [0.25, 0.3) is 0 Å². The van der Waals surface area contributed by atoms with Crippen molar-refractivity contribution in [3.63, 3.8) is 0 Å². The SMILES string of the molecule is C=CCC(N)C(=O)N1CCC[C@@H]1C(=O)O. The lowest BCUT2D eigenvalue weighted by Crippen LogP contribution is -2.48. The Kier molecular flexibility index (Phi) is 3.85. The van der Waals surface area contributed by atoms with Crippen molar-refractivity contribution in [2.24, 2.45) is 5.73 Å². The van der Waals surface area contributed by atoms with Gasteiger partial charge in [0.05, 0.1) is 6.04 Å². The molecule has 15 heavy (non-hydrogen) atoms. The molecule has 84 valence electrons. The van der Waals surface area contributed by atoms with Crippen molar-refractivity contribution in [1.82, 2.24) is 4.90 Å². The standard InChI is InChI=1S/C10H16N2O3/c1-2-4-7(11)9(13)12-6-3-5-8(12)10(14)15/h2,7-8H,1,3-6,11H2,(H,14,15)/t7?,8-/m1/s1. The van der Waals surface area contributed by atoms with Crippen LogP contribution in [-0.2, 0) is 9.59 Å². The number of aliphatic carboxylic acids is 1.